The second-order valence-electron chi connectivity index (χ2n) is 5.45. The van der Waals surface area contributed by atoms with Crippen molar-refractivity contribution in [2.45, 2.75) is 23.1 Å². The molecule has 0 saturated carbocycles. The highest BCUT2D eigenvalue weighted by molar-refractivity contribution is 8.01. The SMILES string of the molecule is CCOC(=O)c1sc(Sc2ccc(N3CCNCC3)cc2)nc1C. The Morgan fingerprint density at radius 1 is 1.33 bits per heavy atom. The molecule has 0 aliphatic carbocycles. The zero-order chi connectivity index (χ0) is 16.9. The summed E-state index contributed by atoms with van der Waals surface area (Å²) in [6.45, 7) is 8.19. The maximum absolute atomic E-state index is 11.9. The van der Waals surface area contributed by atoms with Crippen molar-refractivity contribution in [3.8, 4) is 0 Å². The van der Waals surface area contributed by atoms with Gasteiger partial charge in [-0.2, -0.15) is 0 Å². The average molecular weight is 364 g/mol. The Morgan fingerprint density at radius 2 is 2.04 bits per heavy atom. The lowest BCUT2D eigenvalue weighted by Gasteiger charge is -2.29. The smallest absolute Gasteiger partial charge is 0.350 e. The number of piperazine rings is 1. The summed E-state index contributed by atoms with van der Waals surface area (Å²) in [5, 5.41) is 3.36. The maximum atomic E-state index is 11.9. The summed E-state index contributed by atoms with van der Waals surface area (Å²) in [5.41, 5.74) is 1.99. The van der Waals surface area contributed by atoms with Crippen LogP contribution in [0.3, 0.4) is 0 Å². The number of hydrogen-bond donors (Lipinski definition) is 1. The minimum atomic E-state index is -0.284. The fraction of sp³-hybridized carbons (Fsp3) is 0.412. The van der Waals surface area contributed by atoms with Crippen molar-refractivity contribution in [2.24, 2.45) is 0 Å². The van der Waals surface area contributed by atoms with E-state index in [1.807, 2.05) is 13.8 Å². The predicted molar refractivity (Wildman–Crippen MR) is 98.5 cm³/mol. The molecule has 0 spiro atoms. The van der Waals surface area contributed by atoms with E-state index in [1.54, 1.807) is 11.8 Å². The summed E-state index contributed by atoms with van der Waals surface area (Å²) in [6.07, 6.45) is 0. The van der Waals surface area contributed by atoms with Crippen molar-refractivity contribution in [1.82, 2.24) is 10.3 Å². The van der Waals surface area contributed by atoms with Crippen molar-refractivity contribution in [3.63, 3.8) is 0 Å². The van der Waals surface area contributed by atoms with Crippen molar-refractivity contribution in [1.29, 1.82) is 0 Å². The zero-order valence-corrected chi connectivity index (χ0v) is 15.5. The molecule has 24 heavy (non-hydrogen) atoms. The third-order valence-electron chi connectivity index (χ3n) is 3.76. The van der Waals surface area contributed by atoms with Gasteiger partial charge >= 0.3 is 5.97 Å². The van der Waals surface area contributed by atoms with E-state index in [2.05, 4.69) is 39.5 Å². The van der Waals surface area contributed by atoms with E-state index in [4.69, 9.17) is 4.74 Å². The molecule has 0 radical (unpaired) electrons. The number of nitrogens with zero attached hydrogens (tertiary/aromatic N) is 2. The molecule has 0 atom stereocenters. The second-order valence-corrected chi connectivity index (χ2v) is 7.77. The lowest BCUT2D eigenvalue weighted by atomic mass is 10.2. The van der Waals surface area contributed by atoms with Gasteiger partial charge < -0.3 is 15.0 Å². The lowest BCUT2D eigenvalue weighted by molar-refractivity contribution is 0.0531. The van der Waals surface area contributed by atoms with E-state index in [0.717, 1.165) is 41.1 Å². The number of anilines is 1. The van der Waals surface area contributed by atoms with Crippen LogP contribution in [0.4, 0.5) is 5.69 Å². The summed E-state index contributed by atoms with van der Waals surface area (Å²) in [4.78, 5) is 20.5. The maximum Gasteiger partial charge on any atom is 0.350 e. The Kier molecular flexibility index (Phi) is 5.76. The zero-order valence-electron chi connectivity index (χ0n) is 13.9. The van der Waals surface area contributed by atoms with Gasteiger partial charge in [0.25, 0.3) is 0 Å². The predicted octanol–water partition coefficient (Wildman–Crippen LogP) is 3.19. The Labute approximate surface area is 150 Å². The van der Waals surface area contributed by atoms with Crippen LogP contribution in [-0.4, -0.2) is 43.7 Å². The van der Waals surface area contributed by atoms with E-state index in [-0.39, 0.29) is 5.97 Å². The van der Waals surface area contributed by atoms with Gasteiger partial charge in [0, 0.05) is 36.8 Å². The van der Waals surface area contributed by atoms with Crippen molar-refractivity contribution >= 4 is 34.8 Å². The highest BCUT2D eigenvalue weighted by Gasteiger charge is 2.17. The number of carbonyl (C=O) groups is 1. The molecule has 1 N–H and O–H groups in total. The largest absolute Gasteiger partial charge is 0.462 e. The molecule has 2 aromatic rings. The van der Waals surface area contributed by atoms with E-state index >= 15 is 0 Å². The van der Waals surface area contributed by atoms with Crippen LogP contribution < -0.4 is 10.2 Å². The number of benzene rings is 1. The van der Waals surface area contributed by atoms with E-state index in [9.17, 15) is 4.79 Å². The minimum absolute atomic E-state index is 0.284. The second kappa shape index (κ2) is 8.00. The summed E-state index contributed by atoms with van der Waals surface area (Å²) >= 11 is 2.98. The number of nitrogens with one attached hydrogen (secondary N) is 1. The average Bonchev–Trinajstić information content (AvgIpc) is 2.97. The molecule has 1 fully saturated rings. The lowest BCUT2D eigenvalue weighted by Crippen LogP contribution is -2.43. The first-order chi connectivity index (χ1) is 11.7. The standard InChI is InChI=1S/C17H21N3O2S2/c1-3-22-16(21)15-12(2)19-17(24-15)23-14-6-4-13(5-7-14)20-10-8-18-9-11-20/h4-7,18H,3,8-11H2,1-2H3. The van der Waals surface area contributed by atoms with E-state index in [1.165, 1.54) is 17.0 Å². The van der Waals surface area contributed by atoms with E-state index in [0.29, 0.717) is 11.5 Å². The molecule has 1 aromatic carbocycles. The first-order valence-electron chi connectivity index (χ1n) is 8.05. The molecule has 3 rings (SSSR count). The molecular weight excluding hydrogens is 342 g/mol. The van der Waals surface area contributed by atoms with Crippen LogP contribution >= 0.6 is 23.1 Å². The van der Waals surface area contributed by atoms with Crippen LogP contribution in [0.2, 0.25) is 0 Å². The number of hydrogen-bond acceptors (Lipinski definition) is 7. The van der Waals surface area contributed by atoms with Crippen LogP contribution in [0.5, 0.6) is 0 Å². The number of aryl methyl sites for hydroxylation is 1. The highest BCUT2D eigenvalue weighted by atomic mass is 32.2. The van der Waals surface area contributed by atoms with Crippen LogP contribution in [0, 0.1) is 6.92 Å². The van der Waals surface area contributed by atoms with Crippen molar-refractivity contribution < 1.29 is 9.53 Å². The van der Waals surface area contributed by atoms with Gasteiger partial charge in [0.1, 0.15) is 4.88 Å². The summed E-state index contributed by atoms with van der Waals surface area (Å²) < 4.78 is 5.93. The monoisotopic (exact) mass is 363 g/mol. The number of ether oxygens (including phenoxy) is 1. The fourth-order valence-corrected chi connectivity index (χ4v) is 4.60. The number of thiazole rings is 1. The Balaban J connectivity index is 1.67. The topological polar surface area (TPSA) is 54.5 Å². The molecule has 1 saturated heterocycles. The molecule has 5 nitrogen and oxygen atoms in total. The van der Waals surface area contributed by atoms with Crippen molar-refractivity contribution in [2.75, 3.05) is 37.7 Å². The van der Waals surface area contributed by atoms with Crippen LogP contribution in [0.1, 0.15) is 22.3 Å². The van der Waals surface area contributed by atoms with Gasteiger partial charge in [0.05, 0.1) is 12.3 Å². The number of rotatable bonds is 5. The van der Waals surface area contributed by atoms with Gasteiger partial charge in [-0.15, -0.1) is 11.3 Å². The van der Waals surface area contributed by atoms with E-state index < -0.39 is 0 Å². The van der Waals surface area contributed by atoms with Gasteiger partial charge in [-0.05, 0) is 38.1 Å². The van der Waals surface area contributed by atoms with Crippen LogP contribution in [0.15, 0.2) is 33.5 Å². The number of esters is 1. The molecule has 0 bridgehead atoms. The molecule has 1 aromatic heterocycles. The molecule has 0 amide bonds. The summed E-state index contributed by atoms with van der Waals surface area (Å²) in [6, 6.07) is 8.53. The third kappa shape index (κ3) is 4.09. The molecule has 7 heteroatoms. The van der Waals surface area contributed by atoms with Gasteiger partial charge in [0.2, 0.25) is 0 Å². The Bertz CT molecular complexity index is 694. The first kappa shape index (κ1) is 17.3. The van der Waals surface area contributed by atoms with Gasteiger partial charge in [-0.25, -0.2) is 9.78 Å². The Hall–Kier alpha value is -1.57. The van der Waals surface area contributed by atoms with Crippen molar-refractivity contribution in [3.05, 3.63) is 34.8 Å². The molecule has 1 aliphatic rings. The third-order valence-corrected chi connectivity index (χ3v) is 5.97. The summed E-state index contributed by atoms with van der Waals surface area (Å²) in [5.74, 6) is -0.284. The number of aromatic nitrogens is 1. The molecular formula is C17H21N3O2S2. The van der Waals surface area contributed by atoms with Gasteiger partial charge in [-0.1, -0.05) is 11.8 Å². The Morgan fingerprint density at radius 3 is 2.71 bits per heavy atom. The highest BCUT2D eigenvalue weighted by Crippen LogP contribution is 2.34. The van der Waals surface area contributed by atoms with Gasteiger partial charge in [-0.3, -0.25) is 0 Å². The fourth-order valence-electron chi connectivity index (χ4n) is 2.55. The molecule has 1 aliphatic heterocycles. The summed E-state index contributed by atoms with van der Waals surface area (Å²) in [7, 11) is 0. The number of carbonyl (C=O) groups excluding carboxylic acids is 1. The normalized spacial score (nSPS) is 14.7. The molecule has 0 unspecified atom stereocenters. The van der Waals surface area contributed by atoms with Crippen LogP contribution in [0.25, 0.3) is 0 Å². The van der Waals surface area contributed by atoms with Gasteiger partial charge in [0.15, 0.2) is 4.34 Å². The quantitative estimate of drug-likeness (QED) is 0.824. The molecule has 2 heterocycles. The minimum Gasteiger partial charge on any atom is -0.462 e. The van der Waals surface area contributed by atoms with Crippen LogP contribution in [-0.2, 0) is 4.74 Å². The molecule has 128 valence electrons. The first-order valence-corrected chi connectivity index (χ1v) is 9.69.